The van der Waals surface area contributed by atoms with Crippen LogP contribution in [-0.2, 0) is 0 Å². The molecule has 4 radical (unpaired) electrons. The van der Waals surface area contributed by atoms with Gasteiger partial charge in [-0.2, -0.15) is 0 Å². The van der Waals surface area contributed by atoms with Crippen molar-refractivity contribution in [2.75, 3.05) is 0 Å². The molecule has 2 nitrogen and oxygen atoms in total. The maximum absolute atomic E-state index is 10.7. The van der Waals surface area contributed by atoms with Crippen molar-refractivity contribution >= 4 is 88.5 Å². The predicted molar refractivity (Wildman–Crippen MR) is 139 cm³/mol. The maximum Gasteiger partial charge on any atom is 2.00 e. The summed E-state index contributed by atoms with van der Waals surface area (Å²) in [7, 11) is 0. The second-order valence-corrected chi connectivity index (χ2v) is 8.17. The van der Waals surface area contributed by atoms with Crippen molar-refractivity contribution in [2.45, 2.75) is 0 Å². The van der Waals surface area contributed by atoms with Gasteiger partial charge in [-0.3, -0.25) is 0 Å². The van der Waals surface area contributed by atoms with Crippen LogP contribution >= 0.6 is 23.2 Å². The molecule has 0 aliphatic rings. The molecule has 0 aromatic heterocycles. The summed E-state index contributed by atoms with van der Waals surface area (Å²) in [6.07, 6.45) is 0. The first-order valence-corrected chi connectivity index (χ1v) is 11.6. The topological polar surface area (TPSA) is 34.1 Å². The van der Waals surface area contributed by atoms with E-state index in [1.165, 1.54) is 0 Å². The van der Waals surface area contributed by atoms with Crippen molar-refractivity contribution < 1.29 is 9.59 Å². The Morgan fingerprint density at radius 1 is 0.545 bits per heavy atom. The largest absolute Gasteiger partial charge is 2.00 e. The third-order valence-electron chi connectivity index (χ3n) is 3.37. The minimum Gasteiger partial charge on any atom is -0.0622 e. The molecule has 164 valence electrons. The van der Waals surface area contributed by atoms with E-state index in [0.29, 0.717) is 21.2 Å². The van der Waals surface area contributed by atoms with Crippen LogP contribution in [0.4, 0.5) is 0 Å². The normalized spacial score (nSPS) is 8.55. The molecular weight excluding hydrogens is 692 g/mol. The first kappa shape index (κ1) is 31.6. The number of halogens is 2. The van der Waals surface area contributed by atoms with Crippen LogP contribution in [-0.4, -0.2) is 65.3 Å². The summed E-state index contributed by atoms with van der Waals surface area (Å²) >= 11 is 16.0. The Morgan fingerprint density at radius 3 is 0.970 bits per heavy atom. The van der Waals surface area contributed by atoms with Gasteiger partial charge in [0.25, 0.3) is 0 Å². The van der Waals surface area contributed by atoms with E-state index in [1.807, 2.05) is 60.7 Å². The second-order valence-electron chi connectivity index (χ2n) is 5.74. The molecule has 0 aliphatic carbocycles. The van der Waals surface area contributed by atoms with Gasteiger partial charge in [0.15, 0.2) is 0 Å². The summed E-state index contributed by atoms with van der Waals surface area (Å²) in [5.41, 5.74) is 1.29. The van der Waals surface area contributed by atoms with Crippen LogP contribution < -0.4 is 0 Å². The average molecular weight is 710 g/mol. The van der Waals surface area contributed by atoms with Crippen LogP contribution in [0.3, 0.4) is 0 Å². The van der Waals surface area contributed by atoms with Crippen molar-refractivity contribution in [1.29, 1.82) is 0 Å². The molecule has 0 aliphatic heterocycles. The van der Waals surface area contributed by atoms with E-state index in [4.69, 9.17) is 23.2 Å². The minimum atomic E-state index is -0.0586. The van der Waals surface area contributed by atoms with Crippen LogP contribution in [0.1, 0.15) is 20.7 Å². The molecule has 0 spiro atoms. The average Bonchev–Trinajstić information content (AvgIpc) is 2.83. The molecule has 0 fully saturated rings. The molecule has 0 N–H and O–H groups in total. The maximum atomic E-state index is 10.7. The number of rotatable bonds is 2. The molecule has 0 bridgehead atoms. The molecule has 33 heavy (non-hydrogen) atoms. The van der Waals surface area contributed by atoms with Gasteiger partial charge in [0, 0.05) is 0 Å². The fourth-order valence-electron chi connectivity index (χ4n) is 1.86. The first-order valence-electron chi connectivity index (χ1n) is 9.16. The number of hydrogen-bond donors (Lipinski definition) is 0. The van der Waals surface area contributed by atoms with Gasteiger partial charge in [-0.1, -0.05) is 60.7 Å². The molecule has 0 heterocycles. The molecule has 7 heteroatoms. The van der Waals surface area contributed by atoms with Gasteiger partial charge in [0.05, 0.1) is 0 Å². The van der Waals surface area contributed by atoms with E-state index >= 15 is 0 Å². The van der Waals surface area contributed by atoms with E-state index in [-0.39, 0.29) is 33.3 Å². The third kappa shape index (κ3) is 16.8. The van der Waals surface area contributed by atoms with Crippen molar-refractivity contribution in [2.24, 2.45) is 0 Å². The van der Waals surface area contributed by atoms with Crippen molar-refractivity contribution in [1.82, 2.24) is 0 Å². The van der Waals surface area contributed by atoms with Gasteiger partial charge in [0.2, 0.25) is 0 Å². The molecule has 4 rings (SSSR count). The summed E-state index contributed by atoms with van der Waals surface area (Å²) in [5, 5.41) is 1.29. The zero-order valence-corrected chi connectivity index (χ0v) is 25.1. The minimum absolute atomic E-state index is 0. The van der Waals surface area contributed by atoms with E-state index < -0.39 is 0 Å². The van der Waals surface area contributed by atoms with E-state index in [2.05, 4.69) is 44.2 Å². The Bertz CT molecular complexity index is 891. The van der Waals surface area contributed by atoms with E-state index in [0.717, 1.165) is 0 Å². The fourth-order valence-corrected chi connectivity index (χ4v) is 2.68. The number of carbonyl (C=O) groups is 2. The third-order valence-corrected chi connectivity index (χ3v) is 4.87. The van der Waals surface area contributed by atoms with Crippen LogP contribution in [0.15, 0.2) is 109 Å². The molecule has 0 saturated heterocycles. The Morgan fingerprint density at radius 2 is 0.818 bits per heavy atom. The van der Waals surface area contributed by atoms with Crippen LogP contribution in [0.2, 0.25) is 10.0 Å². The summed E-state index contributed by atoms with van der Waals surface area (Å²) in [5.74, 6) is 0. The monoisotopic (exact) mass is 712 g/mol. The molecular formula is C26H18Cl2O2Se2Sn. The summed E-state index contributed by atoms with van der Waals surface area (Å²) in [6, 6.07) is 38.5. The van der Waals surface area contributed by atoms with E-state index in [1.54, 1.807) is 48.5 Å². The van der Waals surface area contributed by atoms with Gasteiger partial charge < -0.3 is 0 Å². The molecule has 0 amide bonds. The quantitative estimate of drug-likeness (QED) is 0.244. The summed E-state index contributed by atoms with van der Waals surface area (Å²) in [4.78, 5) is 21.3. The van der Waals surface area contributed by atoms with Crippen molar-refractivity contribution in [3.63, 3.8) is 0 Å². The Hall–Kier alpha value is -1.36. The summed E-state index contributed by atoms with van der Waals surface area (Å²) < 4.78 is -0.117. The molecule has 4 aromatic rings. The summed E-state index contributed by atoms with van der Waals surface area (Å²) in [6.45, 7) is 0. The SMILES string of the molecule is O=C([Se-])c1ccc(Cl)cc1.O=C([Se-])c1ccc(Cl)cc1.[Sn+2].[c]1ccccc1.[c]1ccccc1. The Kier molecular flexibility index (Phi) is 19.2. The van der Waals surface area contributed by atoms with Gasteiger partial charge in [-0.25, -0.2) is 0 Å². The predicted octanol–water partition coefficient (Wildman–Crippen LogP) is 5.89. The van der Waals surface area contributed by atoms with Crippen LogP contribution in [0.25, 0.3) is 0 Å². The number of hydrogen-bond acceptors (Lipinski definition) is 2. The van der Waals surface area contributed by atoms with Gasteiger partial charge in [0.1, 0.15) is 0 Å². The molecule has 0 unspecified atom stereocenters. The van der Waals surface area contributed by atoms with Gasteiger partial charge >= 0.3 is 168 Å². The van der Waals surface area contributed by atoms with Crippen molar-refractivity contribution in [3.8, 4) is 0 Å². The standard InChI is InChI=1S/2C7H5ClOSe.2C6H5.Sn/c2*8-6-3-1-5(2-4-6)7(9)10;2*1-2-4-6-5-3-1;/h2*1-4H,(H,9,10);2*1-5H;/q;;;;+2/p-2. The molecule has 0 saturated carbocycles. The van der Waals surface area contributed by atoms with Gasteiger partial charge in [-0.05, 0) is 12.1 Å². The number of carbonyl (C=O) groups excluding carboxylic acids is 2. The van der Waals surface area contributed by atoms with Crippen LogP contribution in [0.5, 0.6) is 0 Å². The number of benzene rings is 4. The zero-order chi connectivity index (χ0) is 23.6. The fraction of sp³-hybridized carbons (Fsp3) is 0. The first-order chi connectivity index (χ1) is 15.4. The van der Waals surface area contributed by atoms with E-state index in [9.17, 15) is 9.59 Å². The van der Waals surface area contributed by atoms with Gasteiger partial charge in [-0.15, -0.1) is 0 Å². The van der Waals surface area contributed by atoms with Crippen LogP contribution in [0, 0.1) is 12.1 Å². The smallest absolute Gasteiger partial charge is 0.0622 e. The molecule has 0 atom stereocenters. The Labute approximate surface area is 238 Å². The molecule has 4 aromatic carbocycles. The second kappa shape index (κ2) is 20.0. The Balaban J connectivity index is 0.000000420. The van der Waals surface area contributed by atoms with Crippen molar-refractivity contribution in [3.05, 3.63) is 142 Å². The zero-order valence-electron chi connectivity index (χ0n) is 17.3.